The van der Waals surface area contributed by atoms with Gasteiger partial charge < -0.3 is 10.1 Å². The van der Waals surface area contributed by atoms with Crippen LogP contribution in [0, 0.1) is 6.92 Å². The van der Waals surface area contributed by atoms with Crippen molar-refractivity contribution < 1.29 is 9.53 Å². The van der Waals surface area contributed by atoms with E-state index in [2.05, 4.69) is 41.4 Å². The summed E-state index contributed by atoms with van der Waals surface area (Å²) in [5.41, 5.74) is 1.72. The molecule has 20 heavy (non-hydrogen) atoms. The summed E-state index contributed by atoms with van der Waals surface area (Å²) < 4.78 is 4.54. The number of amides is 1. The predicted molar refractivity (Wildman–Crippen MR) is 83.6 cm³/mol. The number of aryl methyl sites for hydroxylation is 1. The summed E-state index contributed by atoms with van der Waals surface area (Å²) in [5, 5.41) is 6.05. The van der Waals surface area contributed by atoms with Crippen molar-refractivity contribution in [1.82, 2.24) is 0 Å². The van der Waals surface area contributed by atoms with Crippen LogP contribution in [0.1, 0.15) is 22.7 Å². The lowest BCUT2D eigenvalue weighted by molar-refractivity contribution is 0.187. The Morgan fingerprint density at radius 1 is 1.15 bits per heavy atom. The third kappa shape index (κ3) is 3.74. The lowest BCUT2D eigenvalue weighted by Crippen LogP contribution is -2.11. The van der Waals surface area contributed by atoms with Crippen LogP contribution in [-0.4, -0.2) is 13.2 Å². The van der Waals surface area contributed by atoms with Crippen LogP contribution < -0.4 is 10.6 Å². The molecule has 106 valence electrons. The number of methoxy groups -OCH3 is 1. The fourth-order valence-electron chi connectivity index (χ4n) is 1.83. The Morgan fingerprint density at radius 3 is 2.35 bits per heavy atom. The topological polar surface area (TPSA) is 50.4 Å². The van der Waals surface area contributed by atoms with Crippen LogP contribution in [0.2, 0.25) is 0 Å². The highest BCUT2D eigenvalue weighted by Gasteiger charge is 2.07. The van der Waals surface area contributed by atoms with Crippen molar-refractivity contribution in [3.8, 4) is 0 Å². The van der Waals surface area contributed by atoms with Gasteiger partial charge in [0.1, 0.15) is 0 Å². The molecule has 2 rings (SSSR count). The number of carbonyl (C=O) groups is 1. The van der Waals surface area contributed by atoms with Crippen molar-refractivity contribution in [2.75, 3.05) is 17.7 Å². The maximum atomic E-state index is 11.1. The van der Waals surface area contributed by atoms with E-state index in [1.165, 1.54) is 16.9 Å². The molecular formula is C15H18N2O2S. The van der Waals surface area contributed by atoms with Gasteiger partial charge in [0.05, 0.1) is 13.2 Å². The summed E-state index contributed by atoms with van der Waals surface area (Å²) in [6.45, 7) is 4.24. The molecule has 0 fully saturated rings. The van der Waals surface area contributed by atoms with Crippen molar-refractivity contribution in [2.45, 2.75) is 19.9 Å². The molecule has 0 aliphatic carbocycles. The van der Waals surface area contributed by atoms with E-state index in [0.29, 0.717) is 5.69 Å². The van der Waals surface area contributed by atoms with E-state index in [1.807, 2.05) is 24.3 Å². The first-order valence-electron chi connectivity index (χ1n) is 6.36. The molecule has 1 aromatic heterocycles. The highest BCUT2D eigenvalue weighted by Crippen LogP contribution is 2.26. The highest BCUT2D eigenvalue weighted by atomic mass is 32.1. The molecule has 0 aliphatic heterocycles. The molecule has 4 nitrogen and oxygen atoms in total. The van der Waals surface area contributed by atoms with Crippen LogP contribution in [0.25, 0.3) is 0 Å². The van der Waals surface area contributed by atoms with Gasteiger partial charge in [-0.25, -0.2) is 4.79 Å². The molecule has 1 atom stereocenters. The summed E-state index contributed by atoms with van der Waals surface area (Å²) in [5.74, 6) is 0. The Morgan fingerprint density at radius 2 is 1.80 bits per heavy atom. The fraction of sp³-hybridized carbons (Fsp3) is 0.267. The second kappa shape index (κ2) is 6.43. The summed E-state index contributed by atoms with van der Waals surface area (Å²) in [4.78, 5) is 13.7. The first-order chi connectivity index (χ1) is 9.58. The number of benzene rings is 1. The van der Waals surface area contributed by atoms with Crippen LogP contribution in [0.3, 0.4) is 0 Å². The van der Waals surface area contributed by atoms with E-state index in [-0.39, 0.29) is 6.04 Å². The number of ether oxygens (including phenoxy) is 1. The van der Waals surface area contributed by atoms with Gasteiger partial charge in [0, 0.05) is 21.1 Å². The van der Waals surface area contributed by atoms with Crippen LogP contribution in [-0.2, 0) is 4.74 Å². The van der Waals surface area contributed by atoms with Crippen molar-refractivity contribution in [2.24, 2.45) is 0 Å². The Kier molecular flexibility index (Phi) is 4.63. The molecule has 5 heteroatoms. The SMILES string of the molecule is COC(=O)Nc1ccc(NC(C)c2ccc(C)s2)cc1. The van der Waals surface area contributed by atoms with Crippen LogP contribution >= 0.6 is 11.3 Å². The molecule has 1 amide bonds. The van der Waals surface area contributed by atoms with Gasteiger partial charge in [0.15, 0.2) is 0 Å². The lowest BCUT2D eigenvalue weighted by Gasteiger charge is -2.14. The number of hydrogen-bond donors (Lipinski definition) is 2. The smallest absolute Gasteiger partial charge is 0.411 e. The van der Waals surface area contributed by atoms with E-state index in [0.717, 1.165) is 5.69 Å². The Hall–Kier alpha value is -2.01. The minimum atomic E-state index is -0.465. The largest absolute Gasteiger partial charge is 0.453 e. The summed E-state index contributed by atoms with van der Waals surface area (Å²) in [6.07, 6.45) is -0.465. The summed E-state index contributed by atoms with van der Waals surface area (Å²) in [6, 6.07) is 12.1. The highest BCUT2D eigenvalue weighted by molar-refractivity contribution is 7.12. The second-order valence-electron chi connectivity index (χ2n) is 4.51. The van der Waals surface area contributed by atoms with Gasteiger partial charge in [-0.1, -0.05) is 0 Å². The molecule has 0 saturated heterocycles. The molecule has 0 radical (unpaired) electrons. The fourth-order valence-corrected chi connectivity index (χ4v) is 2.71. The Labute approximate surface area is 122 Å². The maximum absolute atomic E-state index is 11.1. The molecule has 2 aromatic rings. The van der Waals surface area contributed by atoms with Gasteiger partial charge in [-0.15, -0.1) is 11.3 Å². The minimum Gasteiger partial charge on any atom is -0.453 e. The average molecular weight is 290 g/mol. The Balaban J connectivity index is 1.98. The molecule has 0 spiro atoms. The summed E-state index contributed by atoms with van der Waals surface area (Å²) >= 11 is 1.79. The van der Waals surface area contributed by atoms with Crippen molar-refractivity contribution in [3.63, 3.8) is 0 Å². The van der Waals surface area contributed by atoms with E-state index < -0.39 is 6.09 Å². The van der Waals surface area contributed by atoms with Gasteiger partial charge in [0.2, 0.25) is 0 Å². The zero-order valence-corrected chi connectivity index (χ0v) is 12.6. The zero-order chi connectivity index (χ0) is 14.5. The van der Waals surface area contributed by atoms with E-state index >= 15 is 0 Å². The van der Waals surface area contributed by atoms with E-state index in [1.54, 1.807) is 11.3 Å². The van der Waals surface area contributed by atoms with Gasteiger partial charge in [-0.05, 0) is 50.2 Å². The minimum absolute atomic E-state index is 0.258. The van der Waals surface area contributed by atoms with E-state index in [9.17, 15) is 4.79 Å². The number of rotatable bonds is 4. The van der Waals surface area contributed by atoms with Crippen molar-refractivity contribution >= 4 is 28.8 Å². The molecule has 2 N–H and O–H groups in total. The monoisotopic (exact) mass is 290 g/mol. The van der Waals surface area contributed by atoms with Crippen molar-refractivity contribution in [3.05, 3.63) is 46.2 Å². The third-order valence-corrected chi connectivity index (χ3v) is 4.07. The van der Waals surface area contributed by atoms with Crippen LogP contribution in [0.5, 0.6) is 0 Å². The molecule has 1 unspecified atom stereocenters. The second-order valence-corrected chi connectivity index (χ2v) is 5.83. The molecule has 0 aliphatic rings. The van der Waals surface area contributed by atoms with Gasteiger partial charge >= 0.3 is 6.09 Å². The first kappa shape index (κ1) is 14.4. The lowest BCUT2D eigenvalue weighted by atomic mass is 10.2. The molecule has 1 heterocycles. The summed E-state index contributed by atoms with van der Waals surface area (Å²) in [7, 11) is 1.34. The molecule has 0 saturated carbocycles. The average Bonchev–Trinajstić information content (AvgIpc) is 2.87. The van der Waals surface area contributed by atoms with Crippen molar-refractivity contribution in [1.29, 1.82) is 0 Å². The molecule has 1 aromatic carbocycles. The maximum Gasteiger partial charge on any atom is 0.411 e. The Bertz CT molecular complexity index is 578. The van der Waals surface area contributed by atoms with E-state index in [4.69, 9.17) is 0 Å². The van der Waals surface area contributed by atoms with Gasteiger partial charge in [0.25, 0.3) is 0 Å². The third-order valence-electron chi connectivity index (χ3n) is 2.89. The predicted octanol–water partition coefficient (Wildman–Crippen LogP) is 4.41. The van der Waals surface area contributed by atoms with Crippen LogP contribution in [0.15, 0.2) is 36.4 Å². The quantitative estimate of drug-likeness (QED) is 0.877. The number of hydrogen-bond acceptors (Lipinski definition) is 4. The first-order valence-corrected chi connectivity index (χ1v) is 7.18. The normalized spacial score (nSPS) is 11.8. The zero-order valence-electron chi connectivity index (χ0n) is 11.8. The molecule has 0 bridgehead atoms. The standard InChI is InChI=1S/C15H18N2O2S/c1-10-4-9-14(20-10)11(2)16-12-5-7-13(8-6-12)17-15(18)19-3/h4-9,11,16H,1-3H3,(H,17,18). The number of anilines is 2. The number of thiophene rings is 1. The van der Waals surface area contributed by atoms with Gasteiger partial charge in [-0.3, -0.25) is 5.32 Å². The number of nitrogens with one attached hydrogen (secondary N) is 2. The molecular weight excluding hydrogens is 272 g/mol. The van der Waals surface area contributed by atoms with Crippen LogP contribution in [0.4, 0.5) is 16.2 Å². The number of carbonyl (C=O) groups excluding carboxylic acids is 1. The van der Waals surface area contributed by atoms with Gasteiger partial charge in [-0.2, -0.15) is 0 Å².